The van der Waals surface area contributed by atoms with Gasteiger partial charge >= 0.3 is 12.1 Å². The first kappa shape index (κ1) is 26.0. The number of aliphatic imine (C=N–C) groups is 2. The highest BCUT2D eigenvalue weighted by Gasteiger charge is 2.43. The van der Waals surface area contributed by atoms with Gasteiger partial charge in [-0.05, 0) is 33.1 Å². The van der Waals surface area contributed by atoms with E-state index in [-0.39, 0.29) is 16.6 Å². The molecule has 2 heterocycles. The second kappa shape index (κ2) is 10.4. The molecule has 1 aromatic carbocycles. The van der Waals surface area contributed by atoms with Crippen molar-refractivity contribution in [2.24, 2.45) is 9.98 Å². The highest BCUT2D eigenvalue weighted by Crippen LogP contribution is 2.42. The number of benzene rings is 1. The van der Waals surface area contributed by atoms with Gasteiger partial charge in [-0.3, -0.25) is 9.98 Å². The number of nitrogens with zero attached hydrogens (tertiary/aromatic N) is 3. The van der Waals surface area contributed by atoms with Crippen molar-refractivity contribution in [1.29, 1.82) is 0 Å². The Morgan fingerprint density at radius 1 is 1.35 bits per heavy atom. The number of fused-ring (bicyclic) bond motifs is 1. The molecule has 11 heteroatoms. The number of carbonyl (C=O) groups excluding carboxylic acids is 2. The fraction of sp³-hybridized carbons (Fsp3) is 0.478. The van der Waals surface area contributed by atoms with E-state index in [9.17, 15) is 14.0 Å². The molecule has 2 aliphatic heterocycles. The minimum absolute atomic E-state index is 0.119. The molecule has 1 N–H and O–H groups in total. The molecule has 1 aromatic rings. The molecular formula is C23H28ClFN4O4S. The molecule has 3 rings (SSSR count). The second-order valence-electron chi connectivity index (χ2n) is 8.74. The summed E-state index contributed by atoms with van der Waals surface area (Å²) in [7, 11) is 2.92. The van der Waals surface area contributed by atoms with Gasteiger partial charge in [-0.15, -0.1) is 11.8 Å². The van der Waals surface area contributed by atoms with Gasteiger partial charge < -0.3 is 19.7 Å². The van der Waals surface area contributed by atoms with Crippen LogP contribution >= 0.6 is 23.4 Å². The van der Waals surface area contributed by atoms with Crippen LogP contribution in [0.5, 0.6) is 0 Å². The first-order chi connectivity index (χ1) is 16.0. The van der Waals surface area contributed by atoms with Crippen LogP contribution in [0.25, 0.3) is 0 Å². The van der Waals surface area contributed by atoms with Gasteiger partial charge in [0, 0.05) is 31.3 Å². The smallest absolute Gasteiger partial charge is 0.407 e. The molecule has 2 aliphatic rings. The zero-order valence-corrected chi connectivity index (χ0v) is 21.5. The van der Waals surface area contributed by atoms with Crippen molar-refractivity contribution < 1.29 is 23.5 Å². The summed E-state index contributed by atoms with van der Waals surface area (Å²) in [5.74, 6) is -0.709. The SMILES string of the molecule is C/N=C(\SC)C1=N[C@@H](c2cccc(F)c2Cl)C(C(=O)OC)=C2C[C@H](NC(=O)OC(C)(C)C)CN12. The molecule has 0 spiro atoms. The van der Waals surface area contributed by atoms with E-state index in [1.807, 2.05) is 11.2 Å². The summed E-state index contributed by atoms with van der Waals surface area (Å²) in [6, 6.07) is 3.12. The van der Waals surface area contributed by atoms with Crippen LogP contribution in [0.15, 0.2) is 39.5 Å². The molecule has 2 atom stereocenters. The summed E-state index contributed by atoms with van der Waals surface area (Å²) in [5, 5.41) is 3.37. The van der Waals surface area contributed by atoms with Gasteiger partial charge in [0.05, 0.1) is 23.7 Å². The molecule has 34 heavy (non-hydrogen) atoms. The van der Waals surface area contributed by atoms with Crippen LogP contribution in [0.4, 0.5) is 9.18 Å². The number of amidine groups is 1. The Balaban J connectivity index is 2.11. The maximum absolute atomic E-state index is 14.3. The third kappa shape index (κ3) is 5.38. The topological polar surface area (TPSA) is 92.6 Å². The van der Waals surface area contributed by atoms with Gasteiger partial charge in [-0.1, -0.05) is 23.7 Å². The van der Waals surface area contributed by atoms with E-state index in [1.165, 1.54) is 31.0 Å². The minimum atomic E-state index is -0.902. The summed E-state index contributed by atoms with van der Waals surface area (Å²) >= 11 is 7.68. The fourth-order valence-corrected chi connectivity index (χ4v) is 4.70. The largest absolute Gasteiger partial charge is 0.466 e. The molecule has 8 nitrogen and oxygen atoms in total. The lowest BCUT2D eigenvalue weighted by Gasteiger charge is -2.32. The van der Waals surface area contributed by atoms with Crippen LogP contribution in [0, 0.1) is 5.82 Å². The van der Waals surface area contributed by atoms with Gasteiger partial charge in [-0.2, -0.15) is 0 Å². The number of esters is 1. The number of hydrogen-bond donors (Lipinski definition) is 1. The van der Waals surface area contributed by atoms with Gasteiger partial charge in [-0.25, -0.2) is 14.0 Å². The van der Waals surface area contributed by atoms with Crippen molar-refractivity contribution in [3.63, 3.8) is 0 Å². The Labute approximate surface area is 207 Å². The lowest BCUT2D eigenvalue weighted by atomic mass is 9.94. The summed E-state index contributed by atoms with van der Waals surface area (Å²) < 4.78 is 24.8. The van der Waals surface area contributed by atoms with Crippen molar-refractivity contribution in [2.45, 2.75) is 44.9 Å². The van der Waals surface area contributed by atoms with E-state index in [4.69, 9.17) is 26.1 Å². The average Bonchev–Trinajstić information content (AvgIpc) is 3.17. The third-order valence-corrected chi connectivity index (χ3v) is 6.40. The highest BCUT2D eigenvalue weighted by atomic mass is 35.5. The Morgan fingerprint density at radius 3 is 2.65 bits per heavy atom. The monoisotopic (exact) mass is 510 g/mol. The zero-order chi connectivity index (χ0) is 25.2. The summed E-state index contributed by atoms with van der Waals surface area (Å²) in [4.78, 5) is 36.3. The van der Waals surface area contributed by atoms with E-state index >= 15 is 0 Å². The van der Waals surface area contributed by atoms with E-state index in [1.54, 1.807) is 33.9 Å². The van der Waals surface area contributed by atoms with Crippen molar-refractivity contribution in [1.82, 2.24) is 10.2 Å². The molecule has 0 unspecified atom stereocenters. The van der Waals surface area contributed by atoms with E-state index < -0.39 is 29.5 Å². The number of halogens is 2. The van der Waals surface area contributed by atoms with Crippen molar-refractivity contribution in [3.8, 4) is 0 Å². The molecule has 0 radical (unpaired) electrons. The lowest BCUT2D eigenvalue weighted by molar-refractivity contribution is -0.136. The number of amides is 1. The van der Waals surface area contributed by atoms with Crippen molar-refractivity contribution in [3.05, 3.63) is 45.9 Å². The van der Waals surface area contributed by atoms with Crippen molar-refractivity contribution >= 4 is 46.3 Å². The number of ether oxygens (including phenoxy) is 2. The van der Waals surface area contributed by atoms with E-state index in [0.29, 0.717) is 35.1 Å². The van der Waals surface area contributed by atoms with Crippen LogP contribution in [0.1, 0.15) is 38.8 Å². The van der Waals surface area contributed by atoms with Crippen LogP contribution in [0.3, 0.4) is 0 Å². The zero-order valence-electron chi connectivity index (χ0n) is 19.9. The van der Waals surface area contributed by atoms with Crippen LogP contribution < -0.4 is 5.32 Å². The number of carbonyl (C=O) groups is 2. The Morgan fingerprint density at radius 2 is 2.06 bits per heavy atom. The van der Waals surface area contributed by atoms with Crippen LogP contribution in [-0.4, -0.2) is 66.4 Å². The molecule has 1 amide bonds. The highest BCUT2D eigenvalue weighted by molar-refractivity contribution is 8.15. The van der Waals surface area contributed by atoms with E-state index in [0.717, 1.165) is 0 Å². The van der Waals surface area contributed by atoms with Gasteiger partial charge in [0.15, 0.2) is 5.84 Å². The van der Waals surface area contributed by atoms with Crippen LogP contribution in [0.2, 0.25) is 5.02 Å². The normalized spacial score (nSPS) is 20.6. The Hall–Kier alpha value is -2.59. The molecule has 0 bridgehead atoms. The summed E-state index contributed by atoms with van der Waals surface area (Å²) in [5.41, 5.74) is 0.535. The molecule has 1 saturated heterocycles. The first-order valence-electron chi connectivity index (χ1n) is 10.6. The van der Waals surface area contributed by atoms with Crippen LogP contribution in [-0.2, 0) is 14.3 Å². The predicted molar refractivity (Wildman–Crippen MR) is 132 cm³/mol. The number of nitrogens with one attached hydrogen (secondary N) is 1. The second-order valence-corrected chi connectivity index (χ2v) is 9.91. The van der Waals surface area contributed by atoms with E-state index in [2.05, 4.69) is 10.3 Å². The molecule has 0 saturated carbocycles. The van der Waals surface area contributed by atoms with Gasteiger partial charge in [0.2, 0.25) is 0 Å². The summed E-state index contributed by atoms with van der Waals surface area (Å²) in [6.07, 6.45) is 1.62. The maximum Gasteiger partial charge on any atom is 0.407 e. The number of methoxy groups -OCH3 is 1. The molecular weight excluding hydrogens is 483 g/mol. The molecule has 0 aromatic heterocycles. The predicted octanol–water partition coefficient (Wildman–Crippen LogP) is 4.35. The standard InChI is InChI=1S/C23H28ClFN4O4S/c1-23(2,3)33-22(31)27-12-10-15-16(21(30)32-5)18(13-8-7-9-14(25)17(13)24)28-19(29(15)11-12)20(26-4)34-6/h7-9,12,18H,10-11H2,1-6H3,(H,27,31)/b26-20-/t12-,18-/m0/s1. The maximum atomic E-state index is 14.3. The third-order valence-electron chi connectivity index (χ3n) is 5.25. The minimum Gasteiger partial charge on any atom is -0.466 e. The Bertz CT molecular complexity index is 1080. The number of thioether (sulfide) groups is 1. The fourth-order valence-electron chi connectivity index (χ4n) is 3.94. The van der Waals surface area contributed by atoms with Crippen molar-refractivity contribution in [2.75, 3.05) is 27.0 Å². The molecule has 184 valence electrons. The Kier molecular flexibility index (Phi) is 7.92. The van der Waals surface area contributed by atoms with Gasteiger partial charge in [0.25, 0.3) is 0 Å². The first-order valence-corrected chi connectivity index (χ1v) is 12.2. The number of alkyl carbamates (subject to hydrolysis) is 1. The molecule has 0 aliphatic carbocycles. The summed E-state index contributed by atoms with van der Waals surface area (Å²) in [6.45, 7) is 5.69. The average molecular weight is 511 g/mol. The van der Waals surface area contributed by atoms with Gasteiger partial charge in [0.1, 0.15) is 22.5 Å². The lowest BCUT2D eigenvalue weighted by Crippen LogP contribution is -2.43. The molecule has 1 fully saturated rings. The number of rotatable bonds is 4. The number of hydrogen-bond acceptors (Lipinski definition) is 8. The quantitative estimate of drug-likeness (QED) is 0.368.